The normalized spacial score (nSPS) is 14.4. The first-order chi connectivity index (χ1) is 10.9. The van der Waals surface area contributed by atoms with Crippen LogP contribution < -0.4 is 0 Å². The monoisotopic (exact) mass is 320 g/mol. The van der Waals surface area contributed by atoms with Crippen molar-refractivity contribution in [3.8, 4) is 0 Å². The summed E-state index contributed by atoms with van der Waals surface area (Å²) in [6.45, 7) is 9.79. The van der Waals surface area contributed by atoms with Crippen LogP contribution in [-0.4, -0.2) is 28.0 Å². The molecule has 1 unspecified atom stereocenters. The maximum Gasteiger partial charge on any atom is 0.130 e. The molecule has 4 nitrogen and oxygen atoms in total. The molecule has 0 aromatic carbocycles. The summed E-state index contributed by atoms with van der Waals surface area (Å²) in [5.74, 6) is 1.45. The summed E-state index contributed by atoms with van der Waals surface area (Å²) in [7, 11) is 0. The predicted molar refractivity (Wildman–Crippen MR) is 92.7 cm³/mol. The quantitative estimate of drug-likeness (QED) is 0.609. The minimum Gasteiger partial charge on any atom is -0.459 e. The Balaban J connectivity index is 2.67. The smallest absolute Gasteiger partial charge is 0.130 e. The van der Waals surface area contributed by atoms with Crippen molar-refractivity contribution in [1.82, 2.24) is 0 Å². The van der Waals surface area contributed by atoms with E-state index in [1.54, 1.807) is 12.1 Å². The molecule has 4 heteroatoms. The second-order valence-electron chi connectivity index (χ2n) is 6.03. The van der Waals surface area contributed by atoms with E-state index in [1.807, 2.05) is 32.9 Å². The molecule has 3 N–H and O–H groups in total. The average molecular weight is 320 g/mol. The summed E-state index contributed by atoms with van der Waals surface area (Å²) in [4.78, 5) is 0. The minimum atomic E-state index is -0.648. The summed E-state index contributed by atoms with van der Waals surface area (Å²) in [5, 5.41) is 28.5. The number of furan rings is 1. The fraction of sp³-hybridized carbons (Fsp3) is 0.474. The molecule has 128 valence electrons. The third-order valence-corrected chi connectivity index (χ3v) is 3.78. The van der Waals surface area contributed by atoms with Crippen molar-refractivity contribution in [1.29, 1.82) is 0 Å². The van der Waals surface area contributed by atoms with E-state index in [2.05, 4.69) is 6.58 Å². The molecule has 0 amide bonds. The predicted octanol–water partition coefficient (Wildman–Crippen LogP) is 3.45. The van der Waals surface area contributed by atoms with Gasteiger partial charge in [-0.05, 0) is 55.0 Å². The van der Waals surface area contributed by atoms with E-state index in [4.69, 9.17) is 14.6 Å². The molecule has 0 spiro atoms. The van der Waals surface area contributed by atoms with Gasteiger partial charge >= 0.3 is 0 Å². The van der Waals surface area contributed by atoms with Gasteiger partial charge in [0.2, 0.25) is 0 Å². The molecular weight excluding hydrogens is 292 g/mol. The highest BCUT2D eigenvalue weighted by atomic mass is 16.4. The molecule has 0 fully saturated rings. The Labute approximate surface area is 138 Å². The number of hydrogen-bond acceptors (Lipinski definition) is 4. The zero-order valence-corrected chi connectivity index (χ0v) is 14.2. The van der Waals surface area contributed by atoms with Crippen molar-refractivity contribution in [2.75, 3.05) is 6.61 Å². The summed E-state index contributed by atoms with van der Waals surface area (Å²) >= 11 is 0. The molecule has 0 aliphatic rings. The fourth-order valence-corrected chi connectivity index (χ4v) is 2.30. The molecule has 23 heavy (non-hydrogen) atoms. The molecule has 1 rings (SSSR count). The van der Waals surface area contributed by atoms with Gasteiger partial charge in [0.15, 0.2) is 0 Å². The van der Waals surface area contributed by atoms with Gasteiger partial charge in [-0.25, -0.2) is 0 Å². The SMILES string of the molecule is C=C(/C(=C/CO)C(O)CC/C(C)=C/c1ccc(CO)o1)C(C)C. The third kappa shape index (κ3) is 6.18. The second-order valence-corrected chi connectivity index (χ2v) is 6.03. The van der Waals surface area contributed by atoms with Crippen LogP contribution in [0, 0.1) is 5.92 Å². The van der Waals surface area contributed by atoms with E-state index in [0.29, 0.717) is 24.4 Å². The molecule has 0 saturated carbocycles. The van der Waals surface area contributed by atoms with Crippen LogP contribution >= 0.6 is 0 Å². The van der Waals surface area contributed by atoms with Gasteiger partial charge in [0.05, 0.1) is 12.7 Å². The first kappa shape index (κ1) is 19.4. The van der Waals surface area contributed by atoms with Crippen molar-refractivity contribution >= 4 is 6.08 Å². The third-order valence-electron chi connectivity index (χ3n) is 3.78. The largest absolute Gasteiger partial charge is 0.459 e. The van der Waals surface area contributed by atoms with Crippen molar-refractivity contribution in [2.24, 2.45) is 5.92 Å². The molecule has 0 bridgehead atoms. The van der Waals surface area contributed by atoms with Crippen LogP contribution in [0.3, 0.4) is 0 Å². The first-order valence-electron chi connectivity index (χ1n) is 7.93. The topological polar surface area (TPSA) is 73.8 Å². The highest BCUT2D eigenvalue weighted by molar-refractivity contribution is 5.47. The van der Waals surface area contributed by atoms with Crippen LogP contribution in [0.25, 0.3) is 6.08 Å². The molecular formula is C19H28O4. The zero-order chi connectivity index (χ0) is 17.4. The number of aliphatic hydroxyl groups excluding tert-OH is 3. The lowest BCUT2D eigenvalue weighted by atomic mass is 9.90. The molecule has 1 aromatic rings. The van der Waals surface area contributed by atoms with Crippen molar-refractivity contribution in [3.05, 3.63) is 53.0 Å². The first-order valence-corrected chi connectivity index (χ1v) is 7.93. The molecule has 1 heterocycles. The van der Waals surface area contributed by atoms with Crippen LogP contribution in [0.5, 0.6) is 0 Å². The van der Waals surface area contributed by atoms with Crippen LogP contribution in [-0.2, 0) is 6.61 Å². The lowest BCUT2D eigenvalue weighted by molar-refractivity contribution is 0.199. The van der Waals surface area contributed by atoms with Gasteiger partial charge in [-0.1, -0.05) is 32.1 Å². The number of hydrogen-bond donors (Lipinski definition) is 3. The Morgan fingerprint density at radius 2 is 2.00 bits per heavy atom. The Morgan fingerprint density at radius 3 is 2.52 bits per heavy atom. The number of allylic oxidation sites excluding steroid dienone is 1. The van der Waals surface area contributed by atoms with Gasteiger partial charge < -0.3 is 19.7 Å². The van der Waals surface area contributed by atoms with Crippen LogP contribution in [0.2, 0.25) is 0 Å². The van der Waals surface area contributed by atoms with Gasteiger partial charge in [0.1, 0.15) is 18.1 Å². The lowest BCUT2D eigenvalue weighted by Gasteiger charge is -2.20. The molecule has 0 aliphatic heterocycles. The highest BCUT2D eigenvalue weighted by Crippen LogP contribution is 2.24. The van der Waals surface area contributed by atoms with Crippen molar-refractivity contribution in [2.45, 2.75) is 46.3 Å². The van der Waals surface area contributed by atoms with Gasteiger partial charge in [-0.15, -0.1) is 0 Å². The highest BCUT2D eigenvalue weighted by Gasteiger charge is 2.16. The van der Waals surface area contributed by atoms with Crippen LogP contribution in [0.15, 0.2) is 45.9 Å². The Bertz CT molecular complexity index is 564. The summed E-state index contributed by atoms with van der Waals surface area (Å²) in [5.41, 5.74) is 2.64. The Hall–Kier alpha value is -1.62. The number of aliphatic hydroxyl groups is 3. The molecule has 0 saturated heterocycles. The van der Waals surface area contributed by atoms with Crippen molar-refractivity contribution < 1.29 is 19.7 Å². The molecule has 0 radical (unpaired) electrons. The Kier molecular flexibility index (Phi) is 8.03. The van der Waals surface area contributed by atoms with E-state index in [-0.39, 0.29) is 19.1 Å². The fourth-order valence-electron chi connectivity index (χ4n) is 2.30. The summed E-state index contributed by atoms with van der Waals surface area (Å²) in [6.07, 6.45) is 4.13. The van der Waals surface area contributed by atoms with Crippen LogP contribution in [0.1, 0.15) is 45.1 Å². The maximum atomic E-state index is 10.4. The van der Waals surface area contributed by atoms with E-state index < -0.39 is 6.10 Å². The second kappa shape index (κ2) is 9.50. The van der Waals surface area contributed by atoms with E-state index in [0.717, 1.165) is 16.7 Å². The molecule has 0 aliphatic carbocycles. The molecule has 1 aromatic heterocycles. The summed E-state index contributed by atoms with van der Waals surface area (Å²) < 4.78 is 5.42. The number of rotatable bonds is 9. The average Bonchev–Trinajstić information content (AvgIpc) is 2.97. The van der Waals surface area contributed by atoms with E-state index in [1.165, 1.54) is 0 Å². The van der Waals surface area contributed by atoms with E-state index in [9.17, 15) is 5.11 Å². The Morgan fingerprint density at radius 1 is 1.30 bits per heavy atom. The maximum absolute atomic E-state index is 10.4. The lowest BCUT2D eigenvalue weighted by Crippen LogP contribution is -2.15. The standard InChI is InChI=1S/C19H28O4/c1-13(2)15(4)18(9-10-20)19(22)8-5-14(3)11-16-6-7-17(12-21)23-16/h6-7,9,11,13,19-22H,4-5,8,10,12H2,1-3H3/b14-11+,18-9-. The van der Waals surface area contributed by atoms with Gasteiger partial charge in [-0.3, -0.25) is 0 Å². The minimum absolute atomic E-state index is 0.108. The zero-order valence-electron chi connectivity index (χ0n) is 14.2. The van der Waals surface area contributed by atoms with Crippen molar-refractivity contribution in [3.63, 3.8) is 0 Å². The van der Waals surface area contributed by atoms with Gasteiger partial charge in [0.25, 0.3) is 0 Å². The van der Waals surface area contributed by atoms with Gasteiger partial charge in [0, 0.05) is 0 Å². The molecule has 1 atom stereocenters. The van der Waals surface area contributed by atoms with Gasteiger partial charge in [-0.2, -0.15) is 0 Å². The van der Waals surface area contributed by atoms with E-state index >= 15 is 0 Å². The summed E-state index contributed by atoms with van der Waals surface area (Å²) in [6, 6.07) is 3.55. The van der Waals surface area contributed by atoms with Crippen LogP contribution in [0.4, 0.5) is 0 Å².